The van der Waals surface area contributed by atoms with Crippen molar-refractivity contribution in [3.8, 4) is 11.5 Å². The molecule has 74 valence electrons. The summed E-state index contributed by atoms with van der Waals surface area (Å²) >= 11 is 5.81. The number of fused-ring (bicyclic) bond motifs is 1. The summed E-state index contributed by atoms with van der Waals surface area (Å²) in [7, 11) is 0. The number of rotatable bonds is 1. The maximum Gasteiger partial charge on any atom is 0.225 e. The van der Waals surface area contributed by atoms with Gasteiger partial charge >= 0.3 is 0 Å². The zero-order chi connectivity index (χ0) is 10.3. The van der Waals surface area contributed by atoms with Crippen molar-refractivity contribution >= 4 is 22.6 Å². The predicted octanol–water partition coefficient (Wildman–Crippen LogP) is 2.87. The van der Waals surface area contributed by atoms with Crippen LogP contribution in [0.15, 0.2) is 35.1 Å². The second kappa shape index (κ2) is 3.10. The van der Waals surface area contributed by atoms with Crippen molar-refractivity contribution in [2.45, 2.75) is 0 Å². The van der Waals surface area contributed by atoms with Crippen LogP contribution in [0.4, 0.5) is 0 Å². The molecule has 0 atom stereocenters. The largest absolute Gasteiger partial charge is 0.463 e. The van der Waals surface area contributed by atoms with E-state index in [0.29, 0.717) is 17.1 Å². The summed E-state index contributed by atoms with van der Waals surface area (Å²) in [5, 5.41) is 1.10. The van der Waals surface area contributed by atoms with E-state index in [0.717, 1.165) is 5.39 Å². The minimum absolute atomic E-state index is 0.205. The number of hydrogen-bond donors (Lipinski definition) is 1. The van der Waals surface area contributed by atoms with E-state index in [2.05, 4.69) is 15.0 Å². The molecule has 3 heterocycles. The lowest BCUT2D eigenvalue weighted by Crippen LogP contribution is -1.88. The molecule has 3 aromatic rings. The first-order valence-electron chi connectivity index (χ1n) is 4.39. The molecule has 0 unspecified atom stereocenters. The molecule has 0 amide bonds. The van der Waals surface area contributed by atoms with E-state index >= 15 is 0 Å². The molecule has 5 heteroatoms. The van der Waals surface area contributed by atoms with Crippen molar-refractivity contribution in [2.75, 3.05) is 0 Å². The molecule has 0 saturated carbocycles. The van der Waals surface area contributed by atoms with Crippen molar-refractivity contribution in [2.24, 2.45) is 0 Å². The third-order valence-corrected chi connectivity index (χ3v) is 2.31. The molecule has 0 saturated heterocycles. The van der Waals surface area contributed by atoms with Crippen molar-refractivity contribution < 1.29 is 4.42 Å². The topological polar surface area (TPSA) is 54.7 Å². The summed E-state index contributed by atoms with van der Waals surface area (Å²) in [5.74, 6) is 0.684. The molecule has 3 aromatic heterocycles. The Balaban J connectivity index is 2.38. The highest BCUT2D eigenvalue weighted by atomic mass is 35.5. The van der Waals surface area contributed by atoms with E-state index < -0.39 is 0 Å². The molecule has 0 radical (unpaired) electrons. The van der Waals surface area contributed by atoms with Crippen LogP contribution in [-0.2, 0) is 0 Å². The zero-order valence-corrected chi connectivity index (χ0v) is 8.32. The Hall–Kier alpha value is -1.81. The SMILES string of the molecule is Clc1nc(-c2ccco2)c2cc[nH]c2n1. The number of nitrogens with zero attached hydrogens (tertiary/aromatic N) is 2. The standard InChI is InChI=1S/C10H6ClN3O/c11-10-13-8(7-2-1-5-15-7)6-3-4-12-9(6)14-10/h1-5H,(H,12,13,14). The molecular weight excluding hydrogens is 214 g/mol. The van der Waals surface area contributed by atoms with Crippen LogP contribution in [0, 0.1) is 0 Å². The molecule has 0 spiro atoms. The zero-order valence-electron chi connectivity index (χ0n) is 7.57. The average Bonchev–Trinajstić information content (AvgIpc) is 2.86. The minimum atomic E-state index is 0.205. The number of aromatic nitrogens is 3. The van der Waals surface area contributed by atoms with Gasteiger partial charge in [0.15, 0.2) is 5.76 Å². The molecule has 0 bridgehead atoms. The molecule has 4 nitrogen and oxygen atoms in total. The van der Waals surface area contributed by atoms with Crippen LogP contribution in [0.25, 0.3) is 22.5 Å². The van der Waals surface area contributed by atoms with Gasteiger partial charge in [-0.05, 0) is 29.8 Å². The Morgan fingerprint density at radius 2 is 2.20 bits per heavy atom. The molecule has 0 aliphatic heterocycles. The smallest absolute Gasteiger partial charge is 0.225 e. The molecule has 1 N–H and O–H groups in total. The monoisotopic (exact) mass is 219 g/mol. The number of nitrogens with one attached hydrogen (secondary N) is 1. The lowest BCUT2D eigenvalue weighted by Gasteiger charge is -1.98. The highest BCUT2D eigenvalue weighted by Gasteiger charge is 2.11. The van der Waals surface area contributed by atoms with Gasteiger partial charge in [-0.15, -0.1) is 0 Å². The van der Waals surface area contributed by atoms with E-state index in [-0.39, 0.29) is 5.28 Å². The summed E-state index contributed by atoms with van der Waals surface area (Å²) in [6.07, 6.45) is 3.39. The molecular formula is C10H6ClN3O. The number of hydrogen-bond acceptors (Lipinski definition) is 3. The van der Waals surface area contributed by atoms with E-state index in [1.807, 2.05) is 18.2 Å². The van der Waals surface area contributed by atoms with Crippen LogP contribution in [0.2, 0.25) is 5.28 Å². The molecule has 0 fully saturated rings. The van der Waals surface area contributed by atoms with E-state index in [9.17, 15) is 0 Å². The summed E-state index contributed by atoms with van der Waals surface area (Å²) < 4.78 is 5.29. The van der Waals surface area contributed by atoms with Gasteiger partial charge in [0.2, 0.25) is 5.28 Å². The normalized spacial score (nSPS) is 11.0. The molecule has 3 rings (SSSR count). The quantitative estimate of drug-likeness (QED) is 0.641. The van der Waals surface area contributed by atoms with Gasteiger partial charge in [-0.25, -0.2) is 4.98 Å². The van der Waals surface area contributed by atoms with Gasteiger partial charge in [0.05, 0.1) is 6.26 Å². The lowest BCUT2D eigenvalue weighted by molar-refractivity contribution is 0.580. The average molecular weight is 220 g/mol. The van der Waals surface area contributed by atoms with Crippen LogP contribution >= 0.6 is 11.6 Å². The van der Waals surface area contributed by atoms with Crippen LogP contribution in [0.1, 0.15) is 0 Å². The van der Waals surface area contributed by atoms with Crippen LogP contribution < -0.4 is 0 Å². The first-order chi connectivity index (χ1) is 7.34. The van der Waals surface area contributed by atoms with Crippen molar-refractivity contribution in [3.05, 3.63) is 35.9 Å². The summed E-state index contributed by atoms with van der Waals surface area (Å²) in [6, 6.07) is 5.54. The van der Waals surface area contributed by atoms with E-state index in [1.54, 1.807) is 12.5 Å². The first-order valence-corrected chi connectivity index (χ1v) is 4.77. The first kappa shape index (κ1) is 8.49. The maximum absolute atomic E-state index is 5.81. The van der Waals surface area contributed by atoms with Crippen molar-refractivity contribution in [1.29, 1.82) is 0 Å². The highest BCUT2D eigenvalue weighted by molar-refractivity contribution is 6.28. The number of aromatic amines is 1. The summed E-state index contributed by atoms with van der Waals surface area (Å²) in [6.45, 7) is 0. The predicted molar refractivity (Wildman–Crippen MR) is 56.6 cm³/mol. The second-order valence-electron chi connectivity index (χ2n) is 3.06. The molecule has 0 aliphatic carbocycles. The third kappa shape index (κ3) is 1.30. The molecule has 0 aliphatic rings. The number of furan rings is 1. The fourth-order valence-electron chi connectivity index (χ4n) is 1.52. The maximum atomic E-state index is 5.81. The van der Waals surface area contributed by atoms with Gasteiger partial charge in [-0.2, -0.15) is 4.98 Å². The Kier molecular flexibility index (Phi) is 1.76. The van der Waals surface area contributed by atoms with Crippen molar-refractivity contribution in [1.82, 2.24) is 15.0 Å². The second-order valence-corrected chi connectivity index (χ2v) is 3.40. The van der Waals surface area contributed by atoms with Gasteiger partial charge in [-0.1, -0.05) is 0 Å². The molecule has 15 heavy (non-hydrogen) atoms. The van der Waals surface area contributed by atoms with Gasteiger partial charge in [-0.3, -0.25) is 0 Å². The fourth-order valence-corrected chi connectivity index (χ4v) is 1.68. The summed E-state index contributed by atoms with van der Waals surface area (Å²) in [4.78, 5) is 11.2. The third-order valence-electron chi connectivity index (χ3n) is 2.14. The van der Waals surface area contributed by atoms with Crippen LogP contribution in [0.3, 0.4) is 0 Å². The van der Waals surface area contributed by atoms with Crippen molar-refractivity contribution in [3.63, 3.8) is 0 Å². The Labute approximate surface area is 89.9 Å². The van der Waals surface area contributed by atoms with Gasteiger partial charge < -0.3 is 9.40 Å². The van der Waals surface area contributed by atoms with Gasteiger partial charge in [0, 0.05) is 11.6 Å². The van der Waals surface area contributed by atoms with E-state index in [4.69, 9.17) is 16.0 Å². The number of halogens is 1. The lowest BCUT2D eigenvalue weighted by atomic mass is 10.2. The minimum Gasteiger partial charge on any atom is -0.463 e. The van der Waals surface area contributed by atoms with Crippen LogP contribution in [0.5, 0.6) is 0 Å². The van der Waals surface area contributed by atoms with Crippen LogP contribution in [-0.4, -0.2) is 15.0 Å². The van der Waals surface area contributed by atoms with Gasteiger partial charge in [0.1, 0.15) is 11.3 Å². The fraction of sp³-hybridized carbons (Fsp3) is 0. The molecule has 0 aromatic carbocycles. The Morgan fingerprint density at radius 1 is 1.27 bits per heavy atom. The Morgan fingerprint density at radius 3 is 3.00 bits per heavy atom. The van der Waals surface area contributed by atoms with Gasteiger partial charge in [0.25, 0.3) is 0 Å². The highest BCUT2D eigenvalue weighted by Crippen LogP contribution is 2.26. The number of H-pyrrole nitrogens is 1. The van der Waals surface area contributed by atoms with E-state index in [1.165, 1.54) is 0 Å². The Bertz CT molecular complexity index is 600. The summed E-state index contributed by atoms with van der Waals surface area (Å²) in [5.41, 5.74) is 1.41.